The molecule has 0 bridgehead atoms. The molecule has 2 rings (SSSR count). The molecule has 0 unspecified atom stereocenters. The van der Waals surface area contributed by atoms with Crippen LogP contribution in [0.5, 0.6) is 5.75 Å². The van der Waals surface area contributed by atoms with E-state index in [0.717, 1.165) is 19.3 Å². The average Bonchev–Trinajstić information content (AvgIpc) is 2.65. The van der Waals surface area contributed by atoms with E-state index >= 15 is 0 Å². The monoisotopic (exact) mass is 221 g/mol. The fraction of sp³-hybridized carbons (Fsp3) is 0.417. The van der Waals surface area contributed by atoms with Crippen molar-refractivity contribution >= 4 is 5.91 Å². The molecule has 16 heavy (non-hydrogen) atoms. The first-order valence-electron chi connectivity index (χ1n) is 5.42. The number of benzene rings is 1. The number of primary amides is 1. The third-order valence-corrected chi connectivity index (χ3v) is 2.85. The Hall–Kier alpha value is -1.55. The first-order chi connectivity index (χ1) is 7.68. The molecule has 0 saturated heterocycles. The normalized spacial score (nSPS) is 24.3. The minimum atomic E-state index is -0.511. The first-order valence-corrected chi connectivity index (χ1v) is 5.42. The molecule has 4 nitrogen and oxygen atoms in total. The van der Waals surface area contributed by atoms with Crippen molar-refractivity contribution in [3.05, 3.63) is 29.8 Å². The van der Waals surface area contributed by atoms with Crippen molar-refractivity contribution in [3.8, 4) is 5.75 Å². The number of hydrogen-bond acceptors (Lipinski definition) is 3. The molecule has 0 aliphatic heterocycles. The third-order valence-electron chi connectivity index (χ3n) is 2.85. The number of carbonyl (C=O) groups is 1. The number of aliphatic hydroxyl groups excluding tert-OH is 1. The highest BCUT2D eigenvalue weighted by Gasteiger charge is 2.27. The number of nitrogens with two attached hydrogens (primary N) is 1. The third kappa shape index (κ3) is 2.17. The van der Waals surface area contributed by atoms with Crippen LogP contribution >= 0.6 is 0 Å². The fourth-order valence-corrected chi connectivity index (χ4v) is 1.98. The topological polar surface area (TPSA) is 72.6 Å². The largest absolute Gasteiger partial charge is 0.487 e. The van der Waals surface area contributed by atoms with E-state index in [0.29, 0.717) is 11.3 Å². The number of rotatable bonds is 3. The summed E-state index contributed by atoms with van der Waals surface area (Å²) in [5.74, 6) is -0.0518. The van der Waals surface area contributed by atoms with Crippen LogP contribution in [0.15, 0.2) is 24.3 Å². The Balaban J connectivity index is 2.17. The predicted octanol–water partition coefficient (Wildman–Crippen LogP) is 1.08. The van der Waals surface area contributed by atoms with E-state index in [1.54, 1.807) is 24.3 Å². The minimum absolute atomic E-state index is 0.222. The molecule has 86 valence electrons. The maximum Gasteiger partial charge on any atom is 0.252 e. The maximum atomic E-state index is 11.2. The number of aliphatic hydroxyl groups is 1. The minimum Gasteiger partial charge on any atom is -0.487 e. The van der Waals surface area contributed by atoms with Gasteiger partial charge in [-0.2, -0.15) is 0 Å². The quantitative estimate of drug-likeness (QED) is 0.802. The van der Waals surface area contributed by atoms with Gasteiger partial charge in [-0.25, -0.2) is 0 Å². The van der Waals surface area contributed by atoms with Crippen molar-refractivity contribution < 1.29 is 14.6 Å². The summed E-state index contributed by atoms with van der Waals surface area (Å²) in [6.07, 6.45) is 1.85. The van der Waals surface area contributed by atoms with Crippen molar-refractivity contribution in [2.45, 2.75) is 31.5 Å². The van der Waals surface area contributed by atoms with Gasteiger partial charge in [-0.05, 0) is 31.4 Å². The van der Waals surface area contributed by atoms with Crippen LogP contribution in [0.3, 0.4) is 0 Å². The average molecular weight is 221 g/mol. The van der Waals surface area contributed by atoms with Gasteiger partial charge >= 0.3 is 0 Å². The zero-order valence-electron chi connectivity index (χ0n) is 8.93. The highest BCUT2D eigenvalue weighted by atomic mass is 16.5. The Morgan fingerprint density at radius 2 is 2.12 bits per heavy atom. The highest BCUT2D eigenvalue weighted by molar-refractivity contribution is 5.95. The smallest absolute Gasteiger partial charge is 0.252 e. The summed E-state index contributed by atoms with van der Waals surface area (Å²) in [6, 6.07) is 6.84. The summed E-state index contributed by atoms with van der Waals surface area (Å²) in [7, 11) is 0. The molecule has 1 saturated carbocycles. The van der Waals surface area contributed by atoms with E-state index < -0.39 is 12.0 Å². The van der Waals surface area contributed by atoms with Crippen LogP contribution in [0.4, 0.5) is 0 Å². The van der Waals surface area contributed by atoms with Crippen molar-refractivity contribution in [1.82, 2.24) is 0 Å². The maximum absolute atomic E-state index is 11.2. The van der Waals surface area contributed by atoms with E-state index in [9.17, 15) is 9.90 Å². The molecule has 0 radical (unpaired) electrons. The number of carbonyl (C=O) groups excluding carboxylic acids is 1. The Morgan fingerprint density at radius 1 is 1.38 bits per heavy atom. The summed E-state index contributed by atoms with van der Waals surface area (Å²) in [4.78, 5) is 11.2. The number of para-hydroxylation sites is 1. The summed E-state index contributed by atoms with van der Waals surface area (Å²) >= 11 is 0. The molecule has 1 aliphatic carbocycles. The van der Waals surface area contributed by atoms with Gasteiger partial charge in [-0.15, -0.1) is 0 Å². The molecule has 4 heteroatoms. The standard InChI is InChI=1S/C12H15NO3/c13-12(15)8-4-1-2-6-10(8)16-11-7-3-5-9(11)14/h1-2,4,6,9,11,14H,3,5,7H2,(H2,13,15)/t9-,11-/m0/s1. The van der Waals surface area contributed by atoms with Gasteiger partial charge in [0.1, 0.15) is 11.9 Å². The van der Waals surface area contributed by atoms with Crippen LogP contribution in [0.1, 0.15) is 29.6 Å². The Kier molecular flexibility index (Phi) is 3.10. The van der Waals surface area contributed by atoms with E-state index in [1.807, 2.05) is 0 Å². The first kappa shape index (κ1) is 11.0. The number of amides is 1. The molecule has 1 aliphatic rings. The van der Waals surface area contributed by atoms with Crippen LogP contribution in [-0.2, 0) is 0 Å². The zero-order chi connectivity index (χ0) is 11.5. The lowest BCUT2D eigenvalue weighted by Crippen LogP contribution is -2.26. The lowest BCUT2D eigenvalue weighted by molar-refractivity contribution is 0.0593. The van der Waals surface area contributed by atoms with Gasteiger partial charge in [-0.1, -0.05) is 12.1 Å². The van der Waals surface area contributed by atoms with Gasteiger partial charge in [0.2, 0.25) is 0 Å². The van der Waals surface area contributed by atoms with Crippen LogP contribution in [0.2, 0.25) is 0 Å². The molecule has 1 aromatic carbocycles. The molecule has 0 heterocycles. The molecule has 0 spiro atoms. The molecule has 1 amide bonds. The van der Waals surface area contributed by atoms with Gasteiger partial charge in [-0.3, -0.25) is 4.79 Å². The fourth-order valence-electron chi connectivity index (χ4n) is 1.98. The van der Waals surface area contributed by atoms with Gasteiger partial charge in [0.15, 0.2) is 0 Å². The Bertz CT molecular complexity index is 392. The summed E-state index contributed by atoms with van der Waals surface area (Å²) < 4.78 is 5.63. The van der Waals surface area contributed by atoms with E-state index in [2.05, 4.69) is 0 Å². The van der Waals surface area contributed by atoms with Gasteiger partial charge in [0.05, 0.1) is 11.7 Å². The van der Waals surface area contributed by atoms with Crippen LogP contribution in [0.25, 0.3) is 0 Å². The highest BCUT2D eigenvalue weighted by Crippen LogP contribution is 2.26. The number of ether oxygens (including phenoxy) is 1. The van der Waals surface area contributed by atoms with Crippen LogP contribution in [0, 0.1) is 0 Å². The van der Waals surface area contributed by atoms with Crippen molar-refractivity contribution in [2.24, 2.45) is 5.73 Å². The SMILES string of the molecule is NC(=O)c1ccccc1O[C@H]1CCC[C@@H]1O. The summed E-state index contributed by atoms with van der Waals surface area (Å²) in [5, 5.41) is 9.64. The Morgan fingerprint density at radius 3 is 2.75 bits per heavy atom. The van der Waals surface area contributed by atoms with Gasteiger partial charge in [0, 0.05) is 0 Å². The van der Waals surface area contributed by atoms with Crippen LogP contribution in [-0.4, -0.2) is 23.2 Å². The second-order valence-corrected chi connectivity index (χ2v) is 4.01. The molecule has 1 aromatic rings. The lowest BCUT2D eigenvalue weighted by Gasteiger charge is -2.18. The lowest BCUT2D eigenvalue weighted by atomic mass is 10.2. The zero-order valence-corrected chi connectivity index (χ0v) is 8.93. The molecular formula is C12H15NO3. The second-order valence-electron chi connectivity index (χ2n) is 4.01. The van der Waals surface area contributed by atoms with Crippen molar-refractivity contribution in [3.63, 3.8) is 0 Å². The molecule has 2 atom stereocenters. The molecule has 0 aromatic heterocycles. The van der Waals surface area contributed by atoms with E-state index in [-0.39, 0.29) is 6.10 Å². The van der Waals surface area contributed by atoms with Crippen LogP contribution < -0.4 is 10.5 Å². The summed E-state index contributed by atoms with van der Waals surface area (Å²) in [5.41, 5.74) is 5.60. The van der Waals surface area contributed by atoms with E-state index in [1.165, 1.54) is 0 Å². The van der Waals surface area contributed by atoms with Gasteiger partial charge < -0.3 is 15.6 Å². The predicted molar refractivity (Wildman–Crippen MR) is 59.2 cm³/mol. The van der Waals surface area contributed by atoms with Gasteiger partial charge in [0.25, 0.3) is 5.91 Å². The summed E-state index contributed by atoms with van der Waals surface area (Å²) in [6.45, 7) is 0. The molecular weight excluding hydrogens is 206 g/mol. The van der Waals surface area contributed by atoms with E-state index in [4.69, 9.17) is 10.5 Å². The van der Waals surface area contributed by atoms with Crippen molar-refractivity contribution in [1.29, 1.82) is 0 Å². The van der Waals surface area contributed by atoms with Crippen molar-refractivity contribution in [2.75, 3.05) is 0 Å². The second kappa shape index (κ2) is 4.53. The molecule has 1 fully saturated rings. The Labute approximate surface area is 94.0 Å². The molecule has 3 N–H and O–H groups in total. The number of hydrogen-bond donors (Lipinski definition) is 2.